The number of aromatic nitrogens is 1. The molecule has 1 amide bonds. The summed E-state index contributed by atoms with van der Waals surface area (Å²) in [5, 5.41) is 0. The van der Waals surface area contributed by atoms with E-state index in [0.717, 1.165) is 52.4 Å². The molecular formula is C20H28N4O2. The summed E-state index contributed by atoms with van der Waals surface area (Å²) in [6.07, 6.45) is 4.93. The zero-order chi connectivity index (χ0) is 18.1. The predicted molar refractivity (Wildman–Crippen MR) is 101 cm³/mol. The van der Waals surface area contributed by atoms with Crippen LogP contribution in [0.4, 0.5) is 0 Å². The molecule has 2 fully saturated rings. The fraction of sp³-hybridized carbons (Fsp3) is 0.600. The third kappa shape index (κ3) is 3.62. The summed E-state index contributed by atoms with van der Waals surface area (Å²) < 4.78 is 1.96. The standard InChI is InChI=1S/C20H28N4O2/c1-21-8-10-23(11-9-21)19(25)6-3-7-22-13-16-12-17(15-22)18-4-2-5-20(26)24(18)14-16/h2-6,16-17H,7-15H2,1H3. The molecule has 2 bridgehead atoms. The Hall–Kier alpha value is -1.92. The number of piperazine rings is 1. The highest BCUT2D eigenvalue weighted by atomic mass is 16.2. The highest BCUT2D eigenvalue weighted by Gasteiger charge is 2.33. The van der Waals surface area contributed by atoms with Gasteiger partial charge in [0.05, 0.1) is 0 Å². The van der Waals surface area contributed by atoms with Gasteiger partial charge in [0, 0.05) is 76.1 Å². The van der Waals surface area contributed by atoms with Crippen molar-refractivity contribution in [2.75, 3.05) is 52.9 Å². The van der Waals surface area contributed by atoms with Crippen LogP contribution in [0.25, 0.3) is 0 Å². The van der Waals surface area contributed by atoms with Crippen molar-refractivity contribution in [3.8, 4) is 0 Å². The lowest BCUT2D eigenvalue weighted by molar-refractivity contribution is -0.127. The van der Waals surface area contributed by atoms with Crippen LogP contribution in [-0.4, -0.2) is 78.0 Å². The van der Waals surface area contributed by atoms with Crippen LogP contribution in [0.1, 0.15) is 18.0 Å². The van der Waals surface area contributed by atoms with Crippen LogP contribution in [0.15, 0.2) is 35.1 Å². The minimum atomic E-state index is 0.128. The molecule has 0 aromatic carbocycles. The first-order valence-corrected chi connectivity index (χ1v) is 9.66. The number of likely N-dealkylation sites (N-methyl/N-ethyl adjacent to an activating group) is 1. The van der Waals surface area contributed by atoms with Crippen molar-refractivity contribution in [1.29, 1.82) is 0 Å². The maximum absolute atomic E-state index is 12.3. The first kappa shape index (κ1) is 17.5. The molecular weight excluding hydrogens is 328 g/mol. The lowest BCUT2D eigenvalue weighted by Crippen LogP contribution is -2.47. The van der Waals surface area contributed by atoms with Gasteiger partial charge in [-0.1, -0.05) is 12.1 Å². The van der Waals surface area contributed by atoms with Gasteiger partial charge in [-0.2, -0.15) is 0 Å². The average Bonchev–Trinajstić information content (AvgIpc) is 2.63. The van der Waals surface area contributed by atoms with Gasteiger partial charge in [0.2, 0.25) is 5.91 Å². The molecule has 0 radical (unpaired) electrons. The quantitative estimate of drug-likeness (QED) is 0.744. The minimum Gasteiger partial charge on any atom is -0.337 e. The van der Waals surface area contributed by atoms with Crippen LogP contribution in [0.2, 0.25) is 0 Å². The topological polar surface area (TPSA) is 48.8 Å². The first-order valence-electron chi connectivity index (χ1n) is 9.66. The van der Waals surface area contributed by atoms with Crippen molar-refractivity contribution in [2.24, 2.45) is 5.92 Å². The van der Waals surface area contributed by atoms with Crippen LogP contribution in [0, 0.1) is 5.92 Å². The number of rotatable bonds is 3. The number of nitrogens with zero attached hydrogens (tertiary/aromatic N) is 4. The number of amides is 1. The fourth-order valence-electron chi connectivity index (χ4n) is 4.58. The molecule has 6 heteroatoms. The van der Waals surface area contributed by atoms with E-state index in [1.54, 1.807) is 12.1 Å². The lowest BCUT2D eigenvalue weighted by atomic mass is 9.83. The summed E-state index contributed by atoms with van der Waals surface area (Å²) in [5.74, 6) is 1.09. The molecule has 4 heterocycles. The Bertz CT molecular complexity index is 748. The highest BCUT2D eigenvalue weighted by Crippen LogP contribution is 2.34. The summed E-state index contributed by atoms with van der Waals surface area (Å²) in [7, 11) is 2.09. The second-order valence-electron chi connectivity index (χ2n) is 7.95. The normalized spacial score (nSPS) is 26.9. The van der Waals surface area contributed by atoms with E-state index < -0.39 is 0 Å². The summed E-state index contributed by atoms with van der Waals surface area (Å²) in [5.41, 5.74) is 1.30. The Morgan fingerprint density at radius 2 is 1.96 bits per heavy atom. The van der Waals surface area contributed by atoms with Crippen molar-refractivity contribution in [1.82, 2.24) is 19.3 Å². The van der Waals surface area contributed by atoms with Gasteiger partial charge in [0.25, 0.3) is 5.56 Å². The lowest BCUT2D eigenvalue weighted by Gasteiger charge is -2.42. The molecule has 4 rings (SSSR count). The number of piperidine rings is 1. The average molecular weight is 356 g/mol. The molecule has 1 aromatic rings. The van der Waals surface area contributed by atoms with Crippen LogP contribution in [-0.2, 0) is 11.3 Å². The number of likely N-dealkylation sites (tertiary alicyclic amines) is 1. The Morgan fingerprint density at radius 1 is 1.15 bits per heavy atom. The van der Waals surface area contributed by atoms with Gasteiger partial charge in [0.1, 0.15) is 0 Å². The number of hydrogen-bond donors (Lipinski definition) is 0. The number of carbonyl (C=O) groups excluding carboxylic acids is 1. The van der Waals surface area contributed by atoms with Gasteiger partial charge in [-0.15, -0.1) is 0 Å². The van der Waals surface area contributed by atoms with E-state index in [-0.39, 0.29) is 11.5 Å². The van der Waals surface area contributed by atoms with Gasteiger partial charge >= 0.3 is 0 Å². The van der Waals surface area contributed by atoms with Crippen LogP contribution in [0.5, 0.6) is 0 Å². The maximum atomic E-state index is 12.3. The Balaban J connectivity index is 1.34. The van der Waals surface area contributed by atoms with E-state index in [1.165, 1.54) is 12.1 Å². The molecule has 2 atom stereocenters. The van der Waals surface area contributed by atoms with Crippen molar-refractivity contribution in [2.45, 2.75) is 18.9 Å². The summed E-state index contributed by atoms with van der Waals surface area (Å²) >= 11 is 0. The highest BCUT2D eigenvalue weighted by molar-refractivity contribution is 5.87. The Kier molecular flexibility index (Phi) is 4.96. The van der Waals surface area contributed by atoms with Crippen LogP contribution in [0.3, 0.4) is 0 Å². The third-order valence-corrected chi connectivity index (χ3v) is 5.99. The molecule has 0 spiro atoms. The zero-order valence-corrected chi connectivity index (χ0v) is 15.5. The van der Waals surface area contributed by atoms with E-state index in [0.29, 0.717) is 11.8 Å². The smallest absolute Gasteiger partial charge is 0.250 e. The minimum absolute atomic E-state index is 0.128. The second-order valence-corrected chi connectivity index (χ2v) is 7.95. The van der Waals surface area contributed by atoms with Gasteiger partial charge in [-0.05, 0) is 25.5 Å². The third-order valence-electron chi connectivity index (χ3n) is 5.99. The molecule has 0 aliphatic carbocycles. The first-order chi connectivity index (χ1) is 12.6. The molecule has 3 aliphatic rings. The zero-order valence-electron chi connectivity index (χ0n) is 15.5. The fourth-order valence-corrected chi connectivity index (χ4v) is 4.58. The SMILES string of the molecule is CN1CCN(C(=O)C=CCN2CC3CC(C2)c2cccc(=O)n2C3)CC1. The second kappa shape index (κ2) is 7.37. The van der Waals surface area contributed by atoms with Crippen molar-refractivity contribution in [3.05, 3.63) is 46.4 Å². The van der Waals surface area contributed by atoms with E-state index in [4.69, 9.17) is 0 Å². The monoisotopic (exact) mass is 356 g/mol. The van der Waals surface area contributed by atoms with Crippen LogP contribution >= 0.6 is 0 Å². The van der Waals surface area contributed by atoms with Gasteiger partial charge in [-0.3, -0.25) is 14.5 Å². The van der Waals surface area contributed by atoms with Crippen molar-refractivity contribution < 1.29 is 4.79 Å². The molecule has 2 saturated heterocycles. The van der Waals surface area contributed by atoms with E-state index >= 15 is 0 Å². The molecule has 140 valence electrons. The van der Waals surface area contributed by atoms with Crippen molar-refractivity contribution in [3.63, 3.8) is 0 Å². The van der Waals surface area contributed by atoms with Gasteiger partial charge in [0.15, 0.2) is 0 Å². The van der Waals surface area contributed by atoms with Gasteiger partial charge in [-0.25, -0.2) is 0 Å². The summed E-state index contributed by atoms with van der Waals surface area (Å²) in [6, 6.07) is 5.63. The molecule has 3 aliphatic heterocycles. The molecule has 26 heavy (non-hydrogen) atoms. The molecule has 6 nitrogen and oxygen atoms in total. The van der Waals surface area contributed by atoms with Gasteiger partial charge < -0.3 is 14.4 Å². The predicted octanol–water partition coefficient (Wildman–Crippen LogP) is 0.598. The number of pyridine rings is 1. The number of carbonyl (C=O) groups is 1. The number of fused-ring (bicyclic) bond motifs is 4. The van der Waals surface area contributed by atoms with E-state index in [2.05, 4.69) is 22.9 Å². The summed E-state index contributed by atoms with van der Waals surface area (Å²) in [4.78, 5) is 31.0. The Labute approximate surface area is 154 Å². The molecule has 2 unspecified atom stereocenters. The van der Waals surface area contributed by atoms with E-state index in [9.17, 15) is 9.59 Å². The van der Waals surface area contributed by atoms with Crippen molar-refractivity contribution >= 4 is 5.91 Å². The number of hydrogen-bond acceptors (Lipinski definition) is 4. The molecule has 0 N–H and O–H groups in total. The maximum Gasteiger partial charge on any atom is 0.250 e. The van der Waals surface area contributed by atoms with E-state index in [1.807, 2.05) is 21.6 Å². The molecule has 0 saturated carbocycles. The molecule has 1 aromatic heterocycles. The summed E-state index contributed by atoms with van der Waals surface area (Å²) in [6.45, 7) is 7.15. The Morgan fingerprint density at radius 3 is 2.77 bits per heavy atom. The van der Waals surface area contributed by atoms with Crippen LogP contribution < -0.4 is 5.56 Å². The largest absolute Gasteiger partial charge is 0.337 e.